The number of carbonyl (C=O) groups excluding carboxylic acids is 1. The van der Waals surface area contributed by atoms with Gasteiger partial charge in [-0.3, -0.25) is 10.1 Å². The molecule has 0 amide bonds. The highest BCUT2D eigenvalue weighted by Crippen LogP contribution is 2.31. The molecule has 0 bridgehead atoms. The number of anilines is 1. The van der Waals surface area contributed by atoms with Gasteiger partial charge < -0.3 is 10.5 Å². The highest BCUT2D eigenvalue weighted by molar-refractivity contribution is 5.91. The summed E-state index contributed by atoms with van der Waals surface area (Å²) in [5.74, 6) is 0.625. The third-order valence-electron chi connectivity index (χ3n) is 4.29. The maximum atomic E-state index is 12.1. The average molecular weight is 292 g/mol. The van der Waals surface area contributed by atoms with Gasteiger partial charge in [-0.1, -0.05) is 13.8 Å². The number of hydrogen-bond donors (Lipinski definition) is 1. The van der Waals surface area contributed by atoms with Crippen molar-refractivity contribution in [3.8, 4) is 0 Å². The standard InChI is InChI=1S/C15H20N2O4/c1-9-3-5-12(7-10(9)2)21-15(18)11-4-6-13(16)14(8-11)17(19)20/h4,6,8-10,12H,3,5,7,16H2,1-2H3. The van der Waals surface area contributed by atoms with Crippen LogP contribution in [0.3, 0.4) is 0 Å². The molecule has 3 atom stereocenters. The molecule has 6 nitrogen and oxygen atoms in total. The second-order valence-electron chi connectivity index (χ2n) is 5.83. The predicted octanol–water partition coefficient (Wildman–Crippen LogP) is 3.16. The number of nitro benzene ring substituents is 1. The van der Waals surface area contributed by atoms with Crippen molar-refractivity contribution in [1.29, 1.82) is 0 Å². The maximum Gasteiger partial charge on any atom is 0.338 e. The molecule has 114 valence electrons. The lowest BCUT2D eigenvalue weighted by Gasteiger charge is -2.31. The number of nitro groups is 1. The van der Waals surface area contributed by atoms with Crippen LogP contribution in [-0.2, 0) is 4.74 Å². The summed E-state index contributed by atoms with van der Waals surface area (Å²) in [5.41, 5.74) is 5.45. The Labute approximate surface area is 123 Å². The van der Waals surface area contributed by atoms with Crippen molar-refractivity contribution in [1.82, 2.24) is 0 Å². The minimum Gasteiger partial charge on any atom is -0.459 e. The average Bonchev–Trinajstić information content (AvgIpc) is 2.43. The lowest BCUT2D eigenvalue weighted by atomic mass is 9.80. The summed E-state index contributed by atoms with van der Waals surface area (Å²) in [4.78, 5) is 22.3. The zero-order valence-corrected chi connectivity index (χ0v) is 12.2. The summed E-state index contributed by atoms with van der Waals surface area (Å²) in [5, 5.41) is 10.8. The van der Waals surface area contributed by atoms with E-state index in [4.69, 9.17) is 10.5 Å². The summed E-state index contributed by atoms with van der Waals surface area (Å²) in [6.45, 7) is 4.35. The highest BCUT2D eigenvalue weighted by Gasteiger charge is 2.27. The van der Waals surface area contributed by atoms with E-state index in [9.17, 15) is 14.9 Å². The van der Waals surface area contributed by atoms with Crippen molar-refractivity contribution in [2.24, 2.45) is 11.8 Å². The number of nitrogen functional groups attached to an aromatic ring is 1. The highest BCUT2D eigenvalue weighted by atomic mass is 16.6. The van der Waals surface area contributed by atoms with Gasteiger partial charge in [-0.25, -0.2) is 4.79 Å². The van der Waals surface area contributed by atoms with E-state index in [1.54, 1.807) is 0 Å². The molecule has 0 saturated heterocycles. The molecular weight excluding hydrogens is 272 g/mol. The summed E-state index contributed by atoms with van der Waals surface area (Å²) < 4.78 is 5.47. The molecule has 1 saturated carbocycles. The van der Waals surface area contributed by atoms with E-state index < -0.39 is 10.9 Å². The van der Waals surface area contributed by atoms with E-state index in [0.29, 0.717) is 11.8 Å². The number of carbonyl (C=O) groups is 1. The fraction of sp³-hybridized carbons (Fsp3) is 0.533. The Hall–Kier alpha value is -2.11. The van der Waals surface area contributed by atoms with E-state index >= 15 is 0 Å². The van der Waals surface area contributed by atoms with Gasteiger partial charge in [-0.2, -0.15) is 0 Å². The number of benzene rings is 1. The molecule has 21 heavy (non-hydrogen) atoms. The van der Waals surface area contributed by atoms with Crippen molar-refractivity contribution < 1.29 is 14.5 Å². The Balaban J connectivity index is 2.07. The molecule has 0 radical (unpaired) electrons. The van der Waals surface area contributed by atoms with E-state index in [1.807, 2.05) is 0 Å². The Morgan fingerprint density at radius 1 is 1.33 bits per heavy atom. The zero-order chi connectivity index (χ0) is 15.6. The first-order chi connectivity index (χ1) is 9.88. The molecule has 0 aliphatic heterocycles. The van der Waals surface area contributed by atoms with Gasteiger partial charge in [0.1, 0.15) is 11.8 Å². The van der Waals surface area contributed by atoms with E-state index in [1.165, 1.54) is 18.2 Å². The van der Waals surface area contributed by atoms with Gasteiger partial charge >= 0.3 is 5.97 Å². The minimum atomic E-state index is -0.601. The van der Waals surface area contributed by atoms with Gasteiger partial charge in [0, 0.05) is 6.07 Å². The zero-order valence-electron chi connectivity index (χ0n) is 12.2. The van der Waals surface area contributed by atoms with Crippen LogP contribution in [-0.4, -0.2) is 17.0 Å². The Kier molecular flexibility index (Phi) is 4.45. The van der Waals surface area contributed by atoms with E-state index in [0.717, 1.165) is 19.3 Å². The monoisotopic (exact) mass is 292 g/mol. The molecule has 1 aliphatic rings. The van der Waals surface area contributed by atoms with Gasteiger partial charge in [0.05, 0.1) is 10.5 Å². The molecular formula is C15H20N2O4. The van der Waals surface area contributed by atoms with Crippen molar-refractivity contribution >= 4 is 17.3 Å². The van der Waals surface area contributed by atoms with Gasteiger partial charge in [0.15, 0.2) is 0 Å². The fourth-order valence-corrected chi connectivity index (χ4v) is 2.65. The van der Waals surface area contributed by atoms with Crippen LogP contribution >= 0.6 is 0 Å². The predicted molar refractivity (Wildman–Crippen MR) is 78.9 cm³/mol. The van der Waals surface area contributed by atoms with Crippen LogP contribution in [0.25, 0.3) is 0 Å². The van der Waals surface area contributed by atoms with Gasteiger partial charge in [0.25, 0.3) is 5.69 Å². The number of esters is 1. The lowest BCUT2D eigenvalue weighted by Crippen LogP contribution is -2.28. The van der Waals surface area contributed by atoms with Crippen LogP contribution in [0.2, 0.25) is 0 Å². The van der Waals surface area contributed by atoms with Crippen molar-refractivity contribution in [2.45, 2.75) is 39.2 Å². The molecule has 6 heteroatoms. The normalized spacial score (nSPS) is 25.3. The lowest BCUT2D eigenvalue weighted by molar-refractivity contribution is -0.383. The van der Waals surface area contributed by atoms with Crippen LogP contribution in [0.1, 0.15) is 43.5 Å². The molecule has 1 aliphatic carbocycles. The Morgan fingerprint density at radius 2 is 2.05 bits per heavy atom. The number of nitrogens with two attached hydrogens (primary N) is 1. The van der Waals surface area contributed by atoms with E-state index in [2.05, 4.69) is 13.8 Å². The summed E-state index contributed by atoms with van der Waals surface area (Å²) >= 11 is 0. The number of rotatable bonds is 3. The molecule has 1 fully saturated rings. The molecule has 1 aromatic carbocycles. The van der Waals surface area contributed by atoms with Crippen molar-refractivity contribution in [2.75, 3.05) is 5.73 Å². The molecule has 0 aromatic heterocycles. The molecule has 3 unspecified atom stereocenters. The second-order valence-corrected chi connectivity index (χ2v) is 5.83. The Morgan fingerprint density at radius 3 is 2.67 bits per heavy atom. The number of nitrogens with zero attached hydrogens (tertiary/aromatic N) is 1. The van der Waals surface area contributed by atoms with Crippen LogP contribution in [0.5, 0.6) is 0 Å². The van der Waals surface area contributed by atoms with Crippen LogP contribution < -0.4 is 5.73 Å². The number of ether oxygens (including phenoxy) is 1. The Bertz CT molecular complexity index is 559. The first-order valence-electron chi connectivity index (χ1n) is 7.13. The topological polar surface area (TPSA) is 95.5 Å². The summed E-state index contributed by atoms with van der Waals surface area (Å²) in [7, 11) is 0. The maximum absolute atomic E-state index is 12.1. The van der Waals surface area contributed by atoms with Crippen LogP contribution in [0.15, 0.2) is 18.2 Å². The third-order valence-corrected chi connectivity index (χ3v) is 4.29. The van der Waals surface area contributed by atoms with Crippen LogP contribution in [0, 0.1) is 22.0 Å². The van der Waals surface area contributed by atoms with Gasteiger partial charge in [-0.05, 0) is 43.2 Å². The molecule has 0 spiro atoms. The summed E-state index contributed by atoms with van der Waals surface area (Å²) in [6.07, 6.45) is 2.60. The third kappa shape index (κ3) is 3.51. The quantitative estimate of drug-likeness (QED) is 0.399. The van der Waals surface area contributed by atoms with Gasteiger partial charge in [-0.15, -0.1) is 0 Å². The summed E-state index contributed by atoms with van der Waals surface area (Å²) in [6, 6.07) is 3.99. The van der Waals surface area contributed by atoms with Crippen LogP contribution in [0.4, 0.5) is 11.4 Å². The molecule has 2 rings (SSSR count). The molecule has 1 aromatic rings. The van der Waals surface area contributed by atoms with E-state index in [-0.39, 0.29) is 23.0 Å². The van der Waals surface area contributed by atoms with Gasteiger partial charge in [0.2, 0.25) is 0 Å². The molecule has 2 N–H and O–H groups in total. The van der Waals surface area contributed by atoms with Crippen molar-refractivity contribution in [3.63, 3.8) is 0 Å². The second kappa shape index (κ2) is 6.11. The largest absolute Gasteiger partial charge is 0.459 e. The van der Waals surface area contributed by atoms with Crippen molar-refractivity contribution in [3.05, 3.63) is 33.9 Å². The smallest absolute Gasteiger partial charge is 0.338 e. The first kappa shape index (κ1) is 15.3. The molecule has 0 heterocycles. The first-order valence-corrected chi connectivity index (χ1v) is 7.13. The number of hydrogen-bond acceptors (Lipinski definition) is 5. The minimum absolute atomic E-state index is 0.0386. The fourth-order valence-electron chi connectivity index (χ4n) is 2.65. The SMILES string of the molecule is CC1CCC(OC(=O)c2ccc(N)c([N+](=O)[O-])c2)CC1C.